The van der Waals surface area contributed by atoms with E-state index in [1.165, 1.54) is 0 Å². The van der Waals surface area contributed by atoms with Gasteiger partial charge in [0.1, 0.15) is 23.4 Å². The van der Waals surface area contributed by atoms with E-state index < -0.39 is 10.8 Å². The highest BCUT2D eigenvalue weighted by Crippen LogP contribution is 2.33. The predicted molar refractivity (Wildman–Crippen MR) is 111 cm³/mol. The van der Waals surface area contributed by atoms with E-state index in [1.807, 2.05) is 25.1 Å². The highest BCUT2D eigenvalue weighted by molar-refractivity contribution is 7.84. The van der Waals surface area contributed by atoms with Crippen molar-refractivity contribution in [1.29, 1.82) is 0 Å². The van der Waals surface area contributed by atoms with Crippen molar-refractivity contribution >= 4 is 10.8 Å². The molecule has 0 aliphatic rings. The lowest BCUT2D eigenvalue weighted by atomic mass is 10.1. The van der Waals surface area contributed by atoms with E-state index in [2.05, 4.69) is 10.2 Å². The molecule has 3 rings (SSSR count). The van der Waals surface area contributed by atoms with Crippen molar-refractivity contribution in [2.75, 3.05) is 27.1 Å². The largest absolute Gasteiger partial charge is 0.488 e. The molecule has 0 bridgehead atoms. The molecule has 154 valence electrons. The quantitative estimate of drug-likeness (QED) is 0.567. The molecule has 1 N–H and O–H groups in total. The number of aromatic nitrogens is 2. The smallest absolute Gasteiger partial charge is 0.232 e. The van der Waals surface area contributed by atoms with E-state index in [1.54, 1.807) is 50.8 Å². The Kier molecular flexibility index (Phi) is 6.90. The molecule has 0 aliphatic heterocycles. The fourth-order valence-electron chi connectivity index (χ4n) is 2.75. The van der Waals surface area contributed by atoms with E-state index in [9.17, 15) is 4.21 Å². The third-order valence-electron chi connectivity index (χ3n) is 4.08. The van der Waals surface area contributed by atoms with E-state index in [0.717, 1.165) is 16.2 Å². The molecule has 1 aromatic heterocycles. The highest BCUT2D eigenvalue weighted by Gasteiger charge is 2.12. The Morgan fingerprint density at radius 2 is 1.76 bits per heavy atom. The average molecular weight is 416 g/mol. The summed E-state index contributed by atoms with van der Waals surface area (Å²) in [4.78, 5) is 0.744. The van der Waals surface area contributed by atoms with Crippen LogP contribution in [0.2, 0.25) is 0 Å². The monoisotopic (exact) mass is 416 g/mol. The maximum absolute atomic E-state index is 11.6. The first-order chi connectivity index (χ1) is 14.0. The van der Waals surface area contributed by atoms with Crippen LogP contribution >= 0.6 is 0 Å². The van der Waals surface area contributed by atoms with Gasteiger partial charge in [-0.15, -0.1) is 5.10 Å². The van der Waals surface area contributed by atoms with Gasteiger partial charge in [0.2, 0.25) is 5.88 Å². The first-order valence-corrected chi connectivity index (χ1v) is 10.6. The molecule has 3 aromatic rings. The lowest BCUT2D eigenvalue weighted by Crippen LogP contribution is -2.17. The van der Waals surface area contributed by atoms with Gasteiger partial charge in [-0.3, -0.25) is 9.31 Å². The zero-order valence-electron chi connectivity index (χ0n) is 16.8. The van der Waals surface area contributed by atoms with E-state index >= 15 is 0 Å². The number of H-pyrrole nitrogens is 1. The molecule has 2 atom stereocenters. The number of nitrogens with one attached hydrogen (secondary N) is 1. The third kappa shape index (κ3) is 5.58. The van der Waals surface area contributed by atoms with Crippen LogP contribution in [0.25, 0.3) is 11.3 Å². The number of hydrogen-bond acceptors (Lipinski definition) is 6. The van der Waals surface area contributed by atoms with Gasteiger partial charge in [0, 0.05) is 46.8 Å². The summed E-state index contributed by atoms with van der Waals surface area (Å²) in [6.45, 7) is 2.40. The highest BCUT2D eigenvalue weighted by atomic mass is 32.2. The summed E-state index contributed by atoms with van der Waals surface area (Å²) in [5.74, 6) is 2.36. The van der Waals surface area contributed by atoms with Crippen LogP contribution in [0.5, 0.6) is 23.1 Å². The van der Waals surface area contributed by atoms with Crippen LogP contribution in [0.3, 0.4) is 0 Å². The minimum absolute atomic E-state index is 0.127. The molecule has 7 nitrogen and oxygen atoms in total. The van der Waals surface area contributed by atoms with Gasteiger partial charge in [-0.05, 0) is 43.3 Å². The molecule has 8 heteroatoms. The second-order valence-corrected chi connectivity index (χ2v) is 7.81. The molecule has 0 fully saturated rings. The van der Waals surface area contributed by atoms with Crippen molar-refractivity contribution in [2.45, 2.75) is 17.9 Å². The minimum Gasteiger partial charge on any atom is -0.488 e. The van der Waals surface area contributed by atoms with Gasteiger partial charge in [0.25, 0.3) is 0 Å². The Labute approximate surface area is 172 Å². The summed E-state index contributed by atoms with van der Waals surface area (Å²) in [6.07, 6.45) is 1.52. The molecular formula is C21H24N2O5S. The van der Waals surface area contributed by atoms with Crippen LogP contribution in [0.4, 0.5) is 0 Å². The molecule has 1 heterocycles. The van der Waals surface area contributed by atoms with Crippen LogP contribution in [-0.4, -0.2) is 47.6 Å². The summed E-state index contributed by atoms with van der Waals surface area (Å²) in [6, 6.07) is 14.5. The van der Waals surface area contributed by atoms with Gasteiger partial charge in [-0.1, -0.05) is 0 Å². The Morgan fingerprint density at radius 3 is 2.38 bits per heavy atom. The van der Waals surface area contributed by atoms with Crippen LogP contribution in [0, 0.1) is 0 Å². The molecule has 0 aliphatic carbocycles. The van der Waals surface area contributed by atoms with Crippen LogP contribution in [0.1, 0.15) is 6.92 Å². The molecule has 29 heavy (non-hydrogen) atoms. The number of methoxy groups -OCH3 is 2. The van der Waals surface area contributed by atoms with Gasteiger partial charge >= 0.3 is 0 Å². The predicted octanol–water partition coefficient (Wildman–Crippen LogP) is 4.03. The zero-order chi connectivity index (χ0) is 20.8. The van der Waals surface area contributed by atoms with Gasteiger partial charge < -0.3 is 18.9 Å². The lowest BCUT2D eigenvalue weighted by molar-refractivity contribution is 0.0920. The fourth-order valence-corrected chi connectivity index (χ4v) is 3.27. The van der Waals surface area contributed by atoms with Crippen LogP contribution in [-0.2, 0) is 15.5 Å². The average Bonchev–Trinajstić information content (AvgIpc) is 3.18. The number of ether oxygens (including phenoxy) is 4. The van der Waals surface area contributed by atoms with Crippen molar-refractivity contribution in [3.8, 4) is 34.4 Å². The van der Waals surface area contributed by atoms with Crippen LogP contribution in [0.15, 0.2) is 53.4 Å². The van der Waals surface area contributed by atoms with Gasteiger partial charge in [-0.2, -0.15) is 0 Å². The van der Waals surface area contributed by atoms with E-state index in [-0.39, 0.29) is 6.10 Å². The molecule has 0 radical (unpaired) electrons. The number of nitrogens with zero attached hydrogens (tertiary/aromatic N) is 1. The number of aromatic amines is 1. The number of benzene rings is 2. The fraction of sp³-hybridized carbons (Fsp3) is 0.286. The van der Waals surface area contributed by atoms with E-state index in [4.69, 9.17) is 18.9 Å². The molecular weight excluding hydrogens is 392 g/mol. The summed E-state index contributed by atoms with van der Waals surface area (Å²) >= 11 is 0. The Morgan fingerprint density at radius 1 is 1.03 bits per heavy atom. The van der Waals surface area contributed by atoms with Gasteiger partial charge in [0.15, 0.2) is 0 Å². The Hall–Kier alpha value is -2.84. The zero-order valence-corrected chi connectivity index (χ0v) is 17.6. The molecule has 1 unspecified atom stereocenters. The molecule has 0 amide bonds. The number of hydrogen-bond donors (Lipinski definition) is 1. The summed E-state index contributed by atoms with van der Waals surface area (Å²) in [5, 5.41) is 7.04. The number of rotatable bonds is 9. The molecule has 0 saturated heterocycles. The van der Waals surface area contributed by atoms with Crippen LogP contribution < -0.4 is 14.2 Å². The van der Waals surface area contributed by atoms with Crippen molar-refractivity contribution in [1.82, 2.24) is 10.2 Å². The Balaban J connectivity index is 1.91. The van der Waals surface area contributed by atoms with E-state index in [0.29, 0.717) is 29.7 Å². The molecule has 0 saturated carbocycles. The van der Waals surface area contributed by atoms with Gasteiger partial charge in [0.05, 0.1) is 19.4 Å². The summed E-state index contributed by atoms with van der Waals surface area (Å²) in [5.41, 5.74) is 1.61. The maximum atomic E-state index is 11.6. The van der Waals surface area contributed by atoms with Crippen molar-refractivity contribution in [3.63, 3.8) is 0 Å². The van der Waals surface area contributed by atoms with Crippen molar-refractivity contribution in [2.24, 2.45) is 0 Å². The summed E-state index contributed by atoms with van der Waals surface area (Å²) in [7, 11) is 2.16. The SMILES string of the molecule is COC[C@H](C)Oc1cc(Oc2ccc(S(C)=O)cc2)cc(-c2cc(OC)n[nH]2)c1. The lowest BCUT2D eigenvalue weighted by Gasteiger charge is -2.16. The van der Waals surface area contributed by atoms with Gasteiger partial charge in [-0.25, -0.2) is 0 Å². The molecule has 2 aromatic carbocycles. The van der Waals surface area contributed by atoms with Crippen molar-refractivity contribution < 1.29 is 23.2 Å². The molecule has 0 spiro atoms. The first kappa shape index (κ1) is 20.9. The normalized spacial score (nSPS) is 13.0. The summed E-state index contributed by atoms with van der Waals surface area (Å²) < 4.78 is 33.9. The standard InChI is InChI=1S/C21H24N2O5S/c1-14(13-25-2)27-17-9-15(20-12-21(26-3)23-22-20)10-18(11-17)28-16-5-7-19(8-6-16)29(4)24/h5-12,14H,13H2,1-4H3,(H,22,23)/t14-,29?/m0/s1. The minimum atomic E-state index is -1.03. The topological polar surface area (TPSA) is 82.7 Å². The second-order valence-electron chi connectivity index (χ2n) is 6.43. The second kappa shape index (κ2) is 9.58. The maximum Gasteiger partial charge on any atom is 0.232 e. The third-order valence-corrected chi connectivity index (χ3v) is 5.02. The Bertz CT molecular complexity index is 971. The first-order valence-electron chi connectivity index (χ1n) is 9.00. The van der Waals surface area contributed by atoms with Crippen molar-refractivity contribution in [3.05, 3.63) is 48.5 Å².